The molecule has 36 heavy (non-hydrogen) atoms. The summed E-state index contributed by atoms with van der Waals surface area (Å²) in [6.07, 6.45) is 0. The normalized spacial score (nSPS) is 15.3. The lowest BCUT2D eigenvalue weighted by molar-refractivity contribution is -0.134. The van der Waals surface area contributed by atoms with Crippen LogP contribution in [0, 0.1) is 6.92 Å². The Morgan fingerprint density at radius 3 is 2.47 bits per heavy atom. The molecule has 3 heterocycles. The first-order chi connectivity index (χ1) is 17.2. The van der Waals surface area contributed by atoms with Crippen molar-refractivity contribution in [3.05, 3.63) is 64.8 Å². The summed E-state index contributed by atoms with van der Waals surface area (Å²) in [6.45, 7) is 6.44. The molecule has 2 aromatic carbocycles. The highest BCUT2D eigenvalue weighted by Gasteiger charge is 2.27. The zero-order valence-electron chi connectivity index (χ0n) is 19.8. The van der Waals surface area contributed by atoms with E-state index in [9.17, 15) is 13.2 Å². The number of carbonyl (C=O) groups excluding carboxylic acids is 1. The van der Waals surface area contributed by atoms with E-state index in [4.69, 9.17) is 11.6 Å². The summed E-state index contributed by atoms with van der Waals surface area (Å²) in [6, 6.07) is 14.2. The molecule has 0 spiro atoms. The fourth-order valence-electron chi connectivity index (χ4n) is 4.65. The number of benzene rings is 2. The smallest absolute Gasteiger partial charge is 0.263 e. The number of nitrogens with zero attached hydrogens (tertiary/aromatic N) is 5. The molecule has 0 bridgehead atoms. The van der Waals surface area contributed by atoms with E-state index in [1.54, 1.807) is 24.3 Å². The number of rotatable bonds is 6. The summed E-state index contributed by atoms with van der Waals surface area (Å²) in [7, 11) is -3.73. The number of aromatic nitrogens is 3. The molecular weight excluding hydrogens is 520 g/mol. The minimum atomic E-state index is -3.73. The van der Waals surface area contributed by atoms with E-state index in [1.165, 1.54) is 5.51 Å². The summed E-state index contributed by atoms with van der Waals surface area (Å²) < 4.78 is 29.6. The minimum absolute atomic E-state index is 0.0781. The van der Waals surface area contributed by atoms with Gasteiger partial charge < -0.3 is 14.4 Å². The maximum absolute atomic E-state index is 13.4. The van der Waals surface area contributed by atoms with Gasteiger partial charge in [-0.25, -0.2) is 8.42 Å². The molecule has 1 unspecified atom stereocenters. The Balaban J connectivity index is 1.23. The average molecular weight is 545 g/mol. The highest BCUT2D eigenvalue weighted by molar-refractivity contribution is 7.93. The number of amides is 1. The van der Waals surface area contributed by atoms with Gasteiger partial charge in [0.25, 0.3) is 10.0 Å². The second-order valence-electron chi connectivity index (χ2n) is 8.69. The van der Waals surface area contributed by atoms with Gasteiger partial charge in [-0.05, 0) is 62.4 Å². The van der Waals surface area contributed by atoms with Gasteiger partial charge >= 0.3 is 0 Å². The summed E-state index contributed by atoms with van der Waals surface area (Å²) in [5, 5.41) is 9.28. The molecule has 1 N–H and O–H groups in total. The molecule has 4 aromatic rings. The molecule has 1 aliphatic rings. The van der Waals surface area contributed by atoms with Crippen molar-refractivity contribution in [1.29, 1.82) is 0 Å². The summed E-state index contributed by atoms with van der Waals surface area (Å²) in [4.78, 5) is 17.6. The van der Waals surface area contributed by atoms with Gasteiger partial charge in [0.05, 0.1) is 4.90 Å². The predicted molar refractivity (Wildman–Crippen MR) is 142 cm³/mol. The fourth-order valence-corrected chi connectivity index (χ4v) is 6.52. The second-order valence-corrected chi connectivity index (χ2v) is 11.6. The SMILES string of the molecule is Cc1cc2cc(Cl)ccc2n1C(C)C(=O)N1CCN(c2ccc(S(=O)(=O)Nc3nncs3)cc2)CC1. The van der Waals surface area contributed by atoms with Crippen LogP contribution in [0.3, 0.4) is 0 Å². The van der Waals surface area contributed by atoms with Crippen LogP contribution in [0.4, 0.5) is 10.8 Å². The lowest BCUT2D eigenvalue weighted by Crippen LogP contribution is -2.50. The summed E-state index contributed by atoms with van der Waals surface area (Å²) in [5.74, 6) is 0.0781. The van der Waals surface area contributed by atoms with Crippen LogP contribution in [0.5, 0.6) is 0 Å². The van der Waals surface area contributed by atoms with Crippen molar-refractivity contribution in [3.63, 3.8) is 0 Å². The highest BCUT2D eigenvalue weighted by Crippen LogP contribution is 2.28. The van der Waals surface area contributed by atoms with Crippen LogP contribution >= 0.6 is 22.9 Å². The molecule has 1 amide bonds. The molecule has 12 heteroatoms. The standard InChI is InChI=1S/C24H25ClN6O3S2/c1-16-13-18-14-19(25)3-8-22(18)31(16)17(2)23(32)30-11-9-29(10-12-30)20-4-6-21(7-5-20)36(33,34)28-24-27-26-15-35-24/h3-8,13-15,17H,9-12H2,1-2H3,(H,27,28). The quantitative estimate of drug-likeness (QED) is 0.391. The van der Waals surface area contributed by atoms with Crippen molar-refractivity contribution in [2.75, 3.05) is 35.8 Å². The molecule has 0 aliphatic carbocycles. The van der Waals surface area contributed by atoms with Crippen LogP contribution in [0.15, 0.2) is 58.9 Å². The molecular formula is C24H25ClN6O3S2. The molecule has 1 fully saturated rings. The third-order valence-corrected chi connectivity index (χ3v) is 8.75. The van der Waals surface area contributed by atoms with E-state index >= 15 is 0 Å². The van der Waals surface area contributed by atoms with E-state index in [0.717, 1.165) is 33.6 Å². The van der Waals surface area contributed by atoms with Crippen LogP contribution in [-0.2, 0) is 14.8 Å². The Morgan fingerprint density at radius 1 is 1.08 bits per heavy atom. The second kappa shape index (κ2) is 9.72. The average Bonchev–Trinajstić information content (AvgIpc) is 3.49. The third-order valence-electron chi connectivity index (χ3n) is 6.42. The van der Waals surface area contributed by atoms with E-state index in [1.807, 2.05) is 36.9 Å². The van der Waals surface area contributed by atoms with Crippen molar-refractivity contribution in [2.45, 2.75) is 24.8 Å². The van der Waals surface area contributed by atoms with Crippen molar-refractivity contribution >= 4 is 60.6 Å². The van der Waals surface area contributed by atoms with E-state index in [0.29, 0.717) is 31.2 Å². The van der Waals surface area contributed by atoms with Crippen LogP contribution < -0.4 is 9.62 Å². The van der Waals surface area contributed by atoms with Crippen molar-refractivity contribution in [3.8, 4) is 0 Å². The Morgan fingerprint density at radius 2 is 1.81 bits per heavy atom. The maximum atomic E-state index is 13.4. The lowest BCUT2D eigenvalue weighted by Gasteiger charge is -2.37. The maximum Gasteiger partial charge on any atom is 0.263 e. The summed E-state index contributed by atoms with van der Waals surface area (Å²) >= 11 is 7.26. The van der Waals surface area contributed by atoms with Crippen molar-refractivity contribution < 1.29 is 13.2 Å². The zero-order valence-corrected chi connectivity index (χ0v) is 22.1. The van der Waals surface area contributed by atoms with Crippen LogP contribution in [-0.4, -0.2) is 60.2 Å². The number of halogens is 1. The molecule has 2 aromatic heterocycles. The zero-order chi connectivity index (χ0) is 25.4. The Bertz CT molecular complexity index is 1490. The van der Waals surface area contributed by atoms with Gasteiger partial charge in [-0.2, -0.15) is 0 Å². The largest absolute Gasteiger partial charge is 0.368 e. The fraction of sp³-hybridized carbons (Fsp3) is 0.292. The molecule has 0 radical (unpaired) electrons. The van der Waals surface area contributed by atoms with Crippen LogP contribution in [0.1, 0.15) is 18.7 Å². The number of nitrogens with one attached hydrogen (secondary N) is 1. The molecule has 1 saturated heterocycles. The molecule has 188 valence electrons. The van der Waals surface area contributed by atoms with E-state index in [2.05, 4.69) is 30.5 Å². The first kappa shape index (κ1) is 24.5. The topological polar surface area (TPSA) is 100 Å². The van der Waals surface area contributed by atoms with E-state index in [-0.39, 0.29) is 22.0 Å². The molecule has 1 aliphatic heterocycles. The Labute approximate surface area is 218 Å². The number of hydrogen-bond donors (Lipinski definition) is 1. The molecule has 0 saturated carbocycles. The third kappa shape index (κ3) is 4.78. The molecule has 5 rings (SSSR count). The Hall–Kier alpha value is -3.15. The van der Waals surface area contributed by atoms with Gasteiger partial charge in [-0.15, -0.1) is 10.2 Å². The number of carbonyl (C=O) groups is 1. The monoisotopic (exact) mass is 544 g/mol. The van der Waals surface area contributed by atoms with Gasteiger partial charge in [0.2, 0.25) is 11.0 Å². The van der Waals surface area contributed by atoms with Gasteiger partial charge in [0.1, 0.15) is 11.6 Å². The van der Waals surface area contributed by atoms with E-state index < -0.39 is 10.0 Å². The number of aryl methyl sites for hydroxylation is 1. The number of sulfonamides is 1. The summed E-state index contributed by atoms with van der Waals surface area (Å²) in [5.41, 5.74) is 4.38. The van der Waals surface area contributed by atoms with Crippen LogP contribution in [0.2, 0.25) is 5.02 Å². The molecule has 1 atom stereocenters. The van der Waals surface area contributed by atoms with Crippen LogP contribution in [0.25, 0.3) is 10.9 Å². The number of fused-ring (bicyclic) bond motifs is 1. The Kier molecular flexibility index (Phi) is 6.62. The van der Waals surface area contributed by atoms with Gasteiger partial charge in [0, 0.05) is 53.5 Å². The first-order valence-electron chi connectivity index (χ1n) is 11.4. The number of piperazine rings is 1. The van der Waals surface area contributed by atoms with Gasteiger partial charge in [-0.1, -0.05) is 22.9 Å². The highest BCUT2D eigenvalue weighted by atomic mass is 35.5. The number of hydrogen-bond acceptors (Lipinski definition) is 7. The van der Waals surface area contributed by atoms with Gasteiger partial charge in [0.15, 0.2) is 0 Å². The minimum Gasteiger partial charge on any atom is -0.368 e. The van der Waals surface area contributed by atoms with Gasteiger partial charge in [-0.3, -0.25) is 9.52 Å². The predicted octanol–water partition coefficient (Wildman–Crippen LogP) is 4.17. The molecule has 9 nitrogen and oxygen atoms in total. The lowest BCUT2D eigenvalue weighted by atomic mass is 10.2. The first-order valence-corrected chi connectivity index (χ1v) is 14.2. The van der Waals surface area contributed by atoms with Crippen molar-refractivity contribution in [2.24, 2.45) is 0 Å². The van der Waals surface area contributed by atoms with Crippen molar-refractivity contribution in [1.82, 2.24) is 19.7 Å². The number of anilines is 2.